The predicted octanol–water partition coefficient (Wildman–Crippen LogP) is 3.53. The first-order valence-corrected chi connectivity index (χ1v) is 8.86. The van der Waals surface area contributed by atoms with Crippen LogP contribution in [0.5, 0.6) is 11.5 Å². The third-order valence-corrected chi connectivity index (χ3v) is 4.26. The molecule has 0 atom stereocenters. The summed E-state index contributed by atoms with van der Waals surface area (Å²) < 4.78 is 10.9. The Labute approximate surface area is 165 Å². The minimum absolute atomic E-state index is 0.0381. The van der Waals surface area contributed by atoms with Crippen molar-refractivity contribution in [2.75, 3.05) is 6.61 Å². The summed E-state index contributed by atoms with van der Waals surface area (Å²) in [6, 6.07) is 13.3. The number of nitrogens with zero attached hydrogens (tertiary/aromatic N) is 3. The van der Waals surface area contributed by atoms with Crippen molar-refractivity contribution >= 4 is 23.4 Å². The number of thiophene rings is 1. The molecule has 2 aromatic rings. The van der Waals surface area contributed by atoms with Gasteiger partial charge in [-0.25, -0.2) is 4.79 Å². The maximum absolute atomic E-state index is 12.2. The van der Waals surface area contributed by atoms with Crippen molar-refractivity contribution in [3.63, 3.8) is 0 Å². The molecule has 0 aliphatic heterocycles. The first-order chi connectivity index (χ1) is 13.5. The fourth-order valence-electron chi connectivity index (χ4n) is 2.13. The summed E-state index contributed by atoms with van der Waals surface area (Å²) in [5.74, 6) is 0.0350. The van der Waals surface area contributed by atoms with Gasteiger partial charge in [-0.3, -0.25) is 0 Å². The molecule has 0 spiro atoms. The quantitative estimate of drug-likeness (QED) is 0.345. The first kappa shape index (κ1) is 20.3. The summed E-state index contributed by atoms with van der Waals surface area (Å²) in [7, 11) is 0. The van der Waals surface area contributed by atoms with E-state index in [9.17, 15) is 10.1 Å². The van der Waals surface area contributed by atoms with Crippen molar-refractivity contribution in [3.05, 3.63) is 63.0 Å². The number of benzene rings is 1. The third-order valence-electron chi connectivity index (χ3n) is 3.41. The van der Waals surface area contributed by atoms with Crippen LogP contribution in [0.2, 0.25) is 0 Å². The number of rotatable bonds is 6. The number of hydrogen-bond acceptors (Lipinski definition) is 8. The molecule has 1 aromatic carbocycles. The summed E-state index contributed by atoms with van der Waals surface area (Å²) in [6.45, 7) is 2.11. The Kier molecular flexibility index (Phi) is 6.93. The molecule has 0 saturated carbocycles. The van der Waals surface area contributed by atoms with E-state index in [1.807, 2.05) is 6.07 Å². The van der Waals surface area contributed by atoms with Crippen molar-refractivity contribution in [3.8, 4) is 29.7 Å². The monoisotopic (exact) mass is 390 g/mol. The van der Waals surface area contributed by atoms with Crippen molar-refractivity contribution in [2.45, 2.75) is 6.92 Å². The van der Waals surface area contributed by atoms with Gasteiger partial charge in [0, 0.05) is 0 Å². The number of allylic oxidation sites excluding steroid dienone is 2. The SMILES string of the molecule is CCOc1cc(C=C(C#N)C(N)=C(C#N)C#N)ccc1OC(=O)c1cccs1. The summed E-state index contributed by atoms with van der Waals surface area (Å²) in [4.78, 5) is 12.6. The lowest BCUT2D eigenvalue weighted by Crippen LogP contribution is -2.08. The summed E-state index contributed by atoms with van der Waals surface area (Å²) in [5.41, 5.74) is 5.66. The van der Waals surface area contributed by atoms with E-state index in [0.29, 0.717) is 22.8 Å². The largest absolute Gasteiger partial charge is 0.490 e. The molecule has 2 N–H and O–H groups in total. The molecule has 7 nitrogen and oxygen atoms in total. The molecule has 0 fully saturated rings. The van der Waals surface area contributed by atoms with Gasteiger partial charge in [-0.1, -0.05) is 12.1 Å². The molecule has 1 heterocycles. The van der Waals surface area contributed by atoms with Crippen LogP contribution in [0.3, 0.4) is 0 Å². The predicted molar refractivity (Wildman–Crippen MR) is 103 cm³/mol. The Morgan fingerprint density at radius 2 is 1.93 bits per heavy atom. The second-order valence-electron chi connectivity index (χ2n) is 5.19. The highest BCUT2D eigenvalue weighted by atomic mass is 32.1. The van der Waals surface area contributed by atoms with E-state index < -0.39 is 5.97 Å². The van der Waals surface area contributed by atoms with Crippen LogP contribution in [0.25, 0.3) is 6.08 Å². The molecule has 8 heteroatoms. The molecule has 2 rings (SSSR count). The molecular formula is C20H14N4O3S. The molecular weight excluding hydrogens is 376 g/mol. The van der Waals surface area contributed by atoms with Gasteiger partial charge in [0.2, 0.25) is 0 Å². The molecule has 0 bridgehead atoms. The smallest absolute Gasteiger partial charge is 0.353 e. The Morgan fingerprint density at radius 3 is 2.50 bits per heavy atom. The van der Waals surface area contributed by atoms with E-state index in [0.717, 1.165) is 0 Å². The van der Waals surface area contributed by atoms with Crippen LogP contribution >= 0.6 is 11.3 Å². The van der Waals surface area contributed by atoms with Gasteiger partial charge in [0.05, 0.1) is 17.9 Å². The Bertz CT molecular complexity index is 1050. The summed E-state index contributed by atoms with van der Waals surface area (Å²) >= 11 is 1.26. The van der Waals surface area contributed by atoms with Crippen LogP contribution in [0.4, 0.5) is 0 Å². The second kappa shape index (κ2) is 9.59. The Morgan fingerprint density at radius 1 is 1.18 bits per heavy atom. The molecule has 0 radical (unpaired) electrons. The Balaban J connectivity index is 2.40. The van der Waals surface area contributed by atoms with Crippen molar-refractivity contribution in [1.82, 2.24) is 0 Å². The zero-order valence-electron chi connectivity index (χ0n) is 14.8. The molecule has 28 heavy (non-hydrogen) atoms. The van der Waals surface area contributed by atoms with Crippen LogP contribution in [0, 0.1) is 34.0 Å². The minimum Gasteiger partial charge on any atom is -0.490 e. The number of hydrogen-bond donors (Lipinski definition) is 1. The third kappa shape index (κ3) is 4.76. The van der Waals surface area contributed by atoms with Gasteiger partial charge in [0.15, 0.2) is 17.1 Å². The van der Waals surface area contributed by atoms with E-state index in [1.54, 1.807) is 48.7 Å². The van der Waals surface area contributed by atoms with Gasteiger partial charge < -0.3 is 15.2 Å². The fourth-order valence-corrected chi connectivity index (χ4v) is 2.73. The zero-order chi connectivity index (χ0) is 20.5. The van der Waals surface area contributed by atoms with Crippen LogP contribution in [0.1, 0.15) is 22.2 Å². The number of nitrogens with two attached hydrogens (primary N) is 1. The second-order valence-corrected chi connectivity index (χ2v) is 6.14. The highest BCUT2D eigenvalue weighted by molar-refractivity contribution is 7.12. The highest BCUT2D eigenvalue weighted by Crippen LogP contribution is 2.31. The number of nitriles is 3. The molecule has 0 amide bonds. The lowest BCUT2D eigenvalue weighted by atomic mass is 10.1. The fraction of sp³-hybridized carbons (Fsp3) is 0.100. The van der Waals surface area contributed by atoms with Gasteiger partial charge in [-0.05, 0) is 42.1 Å². The minimum atomic E-state index is -0.503. The van der Waals surface area contributed by atoms with Gasteiger partial charge in [-0.15, -0.1) is 11.3 Å². The average molecular weight is 390 g/mol. The van der Waals surface area contributed by atoms with Crippen LogP contribution in [-0.2, 0) is 0 Å². The van der Waals surface area contributed by atoms with E-state index in [-0.39, 0.29) is 22.6 Å². The summed E-state index contributed by atoms with van der Waals surface area (Å²) in [5, 5.41) is 28.9. The topological polar surface area (TPSA) is 133 Å². The first-order valence-electron chi connectivity index (χ1n) is 7.98. The van der Waals surface area contributed by atoms with Crippen molar-refractivity contribution < 1.29 is 14.3 Å². The Hall–Kier alpha value is -4.06. The number of ether oxygens (including phenoxy) is 2. The van der Waals surface area contributed by atoms with E-state index in [4.69, 9.17) is 25.7 Å². The molecule has 0 unspecified atom stereocenters. The van der Waals surface area contributed by atoms with Crippen molar-refractivity contribution in [1.29, 1.82) is 15.8 Å². The lowest BCUT2D eigenvalue weighted by Gasteiger charge is -2.11. The standard InChI is InChI=1S/C20H14N4O3S/c1-2-26-17-9-13(8-14(10-21)19(24)15(11-22)12-23)5-6-16(17)27-20(25)18-4-3-7-28-18/h3-9H,2,24H2,1H3. The van der Waals surface area contributed by atoms with Gasteiger partial charge in [0.25, 0.3) is 0 Å². The number of carbonyl (C=O) groups is 1. The van der Waals surface area contributed by atoms with Gasteiger partial charge in [-0.2, -0.15) is 15.8 Å². The molecule has 0 aliphatic rings. The highest BCUT2D eigenvalue weighted by Gasteiger charge is 2.14. The van der Waals surface area contributed by atoms with Gasteiger partial charge in [0.1, 0.15) is 23.1 Å². The van der Waals surface area contributed by atoms with Crippen LogP contribution in [0.15, 0.2) is 52.6 Å². The zero-order valence-corrected chi connectivity index (χ0v) is 15.6. The number of esters is 1. The lowest BCUT2D eigenvalue weighted by molar-refractivity contribution is 0.0733. The van der Waals surface area contributed by atoms with E-state index in [1.165, 1.54) is 23.5 Å². The molecule has 0 saturated heterocycles. The average Bonchev–Trinajstić information content (AvgIpc) is 3.24. The molecule has 1 aromatic heterocycles. The van der Waals surface area contributed by atoms with E-state index in [2.05, 4.69) is 0 Å². The maximum atomic E-state index is 12.2. The van der Waals surface area contributed by atoms with Crippen molar-refractivity contribution in [2.24, 2.45) is 5.73 Å². The summed E-state index contributed by atoms with van der Waals surface area (Å²) in [6.07, 6.45) is 1.41. The van der Waals surface area contributed by atoms with E-state index >= 15 is 0 Å². The molecule has 0 aliphatic carbocycles. The van der Waals surface area contributed by atoms with Crippen LogP contribution < -0.4 is 15.2 Å². The van der Waals surface area contributed by atoms with Gasteiger partial charge >= 0.3 is 5.97 Å². The van der Waals surface area contributed by atoms with Crippen LogP contribution in [-0.4, -0.2) is 12.6 Å². The normalized spacial score (nSPS) is 10.1. The maximum Gasteiger partial charge on any atom is 0.353 e. The number of carbonyl (C=O) groups excluding carboxylic acids is 1. The molecule has 138 valence electrons.